The van der Waals surface area contributed by atoms with Crippen molar-refractivity contribution in [3.8, 4) is 0 Å². The Morgan fingerprint density at radius 3 is 2.66 bits per heavy atom. The Balaban J connectivity index is 1.79. The van der Waals surface area contributed by atoms with Gasteiger partial charge in [-0.3, -0.25) is 4.99 Å². The van der Waals surface area contributed by atoms with Gasteiger partial charge < -0.3 is 15.2 Å². The molecule has 29 heavy (non-hydrogen) atoms. The first-order valence-corrected chi connectivity index (χ1v) is 11.3. The van der Waals surface area contributed by atoms with E-state index in [1.807, 2.05) is 6.26 Å². The number of guanidine groups is 1. The van der Waals surface area contributed by atoms with Crippen LogP contribution in [0.25, 0.3) is 0 Å². The number of halogens is 3. The fraction of sp³-hybridized carbons (Fsp3) is 0.647. The molecule has 0 atom stereocenters. The highest BCUT2D eigenvalue weighted by atomic mass is 32.2. The summed E-state index contributed by atoms with van der Waals surface area (Å²) >= 11 is 2.55. The molecule has 0 saturated heterocycles. The van der Waals surface area contributed by atoms with Crippen molar-refractivity contribution >= 4 is 29.1 Å². The van der Waals surface area contributed by atoms with Gasteiger partial charge in [-0.15, -0.1) is 21.5 Å². The van der Waals surface area contributed by atoms with Gasteiger partial charge in [0.15, 0.2) is 16.8 Å². The minimum absolute atomic E-state index is 0.181. The molecule has 2 aromatic heterocycles. The highest BCUT2D eigenvalue weighted by molar-refractivity contribution is 7.98. The summed E-state index contributed by atoms with van der Waals surface area (Å²) in [6.45, 7) is 6.02. The van der Waals surface area contributed by atoms with Crippen LogP contribution in [-0.4, -0.2) is 45.6 Å². The number of thioether (sulfide) groups is 1. The van der Waals surface area contributed by atoms with E-state index in [0.29, 0.717) is 23.4 Å². The van der Waals surface area contributed by atoms with E-state index in [2.05, 4.69) is 49.2 Å². The molecule has 0 unspecified atom stereocenters. The van der Waals surface area contributed by atoms with Gasteiger partial charge in [0.2, 0.25) is 0 Å². The summed E-state index contributed by atoms with van der Waals surface area (Å²) in [4.78, 5) is 7.69. The Kier molecular flexibility index (Phi) is 8.75. The first kappa shape index (κ1) is 23.5. The molecule has 0 bridgehead atoms. The van der Waals surface area contributed by atoms with E-state index in [1.165, 1.54) is 0 Å². The fourth-order valence-electron chi connectivity index (χ4n) is 2.56. The molecule has 12 heteroatoms. The molecule has 0 radical (unpaired) electrons. The molecule has 0 aliphatic carbocycles. The van der Waals surface area contributed by atoms with Crippen molar-refractivity contribution in [3.63, 3.8) is 0 Å². The molecule has 0 amide bonds. The van der Waals surface area contributed by atoms with Crippen molar-refractivity contribution < 1.29 is 13.2 Å². The number of nitrogens with one attached hydrogen (secondary N) is 2. The lowest BCUT2D eigenvalue weighted by Crippen LogP contribution is -2.37. The molecular weight excluding hydrogens is 423 g/mol. The minimum atomic E-state index is -4.42. The van der Waals surface area contributed by atoms with Gasteiger partial charge in [0.1, 0.15) is 10.8 Å². The Morgan fingerprint density at radius 2 is 2.07 bits per heavy atom. The van der Waals surface area contributed by atoms with Crippen LogP contribution in [0.3, 0.4) is 0 Å². The molecule has 2 aromatic rings. The maximum absolute atomic E-state index is 12.6. The normalized spacial score (nSPS) is 12.6. The summed E-state index contributed by atoms with van der Waals surface area (Å²) in [6, 6.07) is 0. The zero-order valence-electron chi connectivity index (χ0n) is 16.9. The van der Waals surface area contributed by atoms with E-state index < -0.39 is 11.9 Å². The van der Waals surface area contributed by atoms with Crippen molar-refractivity contribution in [2.75, 3.05) is 19.8 Å². The molecule has 0 aliphatic heterocycles. The summed E-state index contributed by atoms with van der Waals surface area (Å²) in [6.07, 6.45) is -0.838. The molecule has 162 valence electrons. The van der Waals surface area contributed by atoms with Gasteiger partial charge in [-0.05, 0) is 18.6 Å². The third kappa shape index (κ3) is 7.18. The maximum Gasteiger partial charge on any atom is 0.434 e. The molecule has 2 N–H and O–H groups in total. The van der Waals surface area contributed by atoms with Crippen LogP contribution < -0.4 is 10.6 Å². The summed E-state index contributed by atoms with van der Waals surface area (Å²) in [5.74, 6) is 1.97. The second kappa shape index (κ2) is 10.8. The van der Waals surface area contributed by atoms with E-state index >= 15 is 0 Å². The maximum atomic E-state index is 12.6. The Hall–Kier alpha value is -1.82. The summed E-state index contributed by atoms with van der Waals surface area (Å²) in [7, 11) is 1.61. The monoisotopic (exact) mass is 449 g/mol. The first-order valence-electron chi connectivity index (χ1n) is 9.16. The third-order valence-electron chi connectivity index (χ3n) is 3.87. The van der Waals surface area contributed by atoms with Gasteiger partial charge in [0.25, 0.3) is 0 Å². The lowest BCUT2D eigenvalue weighted by atomic mass is 10.2. The fourth-order valence-corrected chi connectivity index (χ4v) is 3.82. The zero-order valence-corrected chi connectivity index (χ0v) is 18.5. The van der Waals surface area contributed by atoms with Crippen molar-refractivity contribution in [3.05, 3.63) is 21.9 Å². The zero-order chi connectivity index (χ0) is 21.4. The number of hydrogen-bond acceptors (Lipinski definition) is 6. The highest BCUT2D eigenvalue weighted by Crippen LogP contribution is 2.29. The van der Waals surface area contributed by atoms with Crippen molar-refractivity contribution in [2.45, 2.75) is 51.1 Å². The number of aromatic nitrogens is 4. The third-order valence-corrected chi connectivity index (χ3v) is 5.38. The molecule has 0 fully saturated rings. The van der Waals surface area contributed by atoms with Gasteiger partial charge in [-0.25, -0.2) is 4.98 Å². The van der Waals surface area contributed by atoms with Crippen LogP contribution in [0.2, 0.25) is 0 Å². The lowest BCUT2D eigenvalue weighted by molar-refractivity contribution is -0.140. The van der Waals surface area contributed by atoms with Gasteiger partial charge in [0, 0.05) is 31.9 Å². The van der Waals surface area contributed by atoms with E-state index in [1.54, 1.807) is 18.8 Å². The molecule has 2 heterocycles. The van der Waals surface area contributed by atoms with Crippen LogP contribution in [0, 0.1) is 5.92 Å². The summed E-state index contributed by atoms with van der Waals surface area (Å²) in [5.41, 5.74) is -0.864. The quantitative estimate of drug-likeness (QED) is 0.264. The predicted octanol–water partition coefficient (Wildman–Crippen LogP) is 3.43. The van der Waals surface area contributed by atoms with Crippen molar-refractivity contribution in [1.29, 1.82) is 0 Å². The second-order valence-electron chi connectivity index (χ2n) is 6.69. The van der Waals surface area contributed by atoms with Crippen LogP contribution >= 0.6 is 23.1 Å². The minimum Gasteiger partial charge on any atom is -0.356 e. The van der Waals surface area contributed by atoms with Crippen molar-refractivity contribution in [2.24, 2.45) is 10.9 Å². The van der Waals surface area contributed by atoms with Crippen molar-refractivity contribution in [1.82, 2.24) is 30.4 Å². The number of alkyl halides is 3. The van der Waals surface area contributed by atoms with E-state index in [-0.39, 0.29) is 6.54 Å². The predicted molar refractivity (Wildman–Crippen MR) is 110 cm³/mol. The Labute approximate surface area is 176 Å². The van der Waals surface area contributed by atoms with Crippen LogP contribution in [-0.2, 0) is 25.7 Å². The average Bonchev–Trinajstić information content (AvgIpc) is 3.28. The number of thiazole rings is 1. The van der Waals surface area contributed by atoms with Gasteiger partial charge in [-0.2, -0.15) is 13.2 Å². The van der Waals surface area contributed by atoms with E-state index in [4.69, 9.17) is 0 Å². The SMILES string of the molecule is CN=C(NCCCc1nnc(SC)n1CC(C)C)NCc1nc(C(F)(F)F)cs1. The largest absolute Gasteiger partial charge is 0.434 e. The molecule has 0 spiro atoms. The number of hydrogen-bond donors (Lipinski definition) is 2. The first-order chi connectivity index (χ1) is 13.7. The lowest BCUT2D eigenvalue weighted by Gasteiger charge is -2.13. The average molecular weight is 450 g/mol. The van der Waals surface area contributed by atoms with Crippen LogP contribution in [0.1, 0.15) is 36.8 Å². The molecule has 7 nitrogen and oxygen atoms in total. The molecule has 2 rings (SSSR count). The van der Waals surface area contributed by atoms with Crippen LogP contribution in [0.5, 0.6) is 0 Å². The smallest absolute Gasteiger partial charge is 0.356 e. The molecule has 0 aromatic carbocycles. The standard InChI is InChI=1S/C17H26F3N7S2/c1-11(2)9-27-13(25-26-16(27)28-4)6-5-7-22-15(21-3)23-8-14-24-12(10-29-14)17(18,19)20/h10-11H,5-9H2,1-4H3,(H2,21,22,23). The highest BCUT2D eigenvalue weighted by Gasteiger charge is 2.33. The molecule has 0 aliphatic rings. The van der Waals surface area contributed by atoms with Gasteiger partial charge >= 0.3 is 6.18 Å². The summed E-state index contributed by atoms with van der Waals surface area (Å²) < 4.78 is 40.0. The number of rotatable bonds is 9. The van der Waals surface area contributed by atoms with E-state index in [9.17, 15) is 13.2 Å². The van der Waals surface area contributed by atoms with Gasteiger partial charge in [-0.1, -0.05) is 25.6 Å². The molecular formula is C17H26F3N7S2. The summed E-state index contributed by atoms with van der Waals surface area (Å²) in [5, 5.41) is 17.0. The van der Waals surface area contributed by atoms with E-state index in [0.717, 1.165) is 47.1 Å². The van der Waals surface area contributed by atoms with Crippen LogP contribution in [0.4, 0.5) is 13.2 Å². The Bertz CT molecular complexity index is 799. The van der Waals surface area contributed by atoms with Gasteiger partial charge in [0.05, 0.1) is 6.54 Å². The van der Waals surface area contributed by atoms with Crippen LogP contribution in [0.15, 0.2) is 15.5 Å². The number of aryl methyl sites for hydroxylation is 1. The number of nitrogens with zero attached hydrogens (tertiary/aromatic N) is 5. The Morgan fingerprint density at radius 1 is 1.31 bits per heavy atom. The second-order valence-corrected chi connectivity index (χ2v) is 8.40. The molecule has 0 saturated carbocycles. The topological polar surface area (TPSA) is 80.0 Å². The number of aliphatic imine (C=N–C) groups is 1.